The van der Waals surface area contributed by atoms with Gasteiger partial charge in [0.15, 0.2) is 5.75 Å². The standard InChI is InChI=1S/C15H12ClNO5/c1-21-14-7-4-11(8-13(14)17(19)20)15(18)22-9-10-2-5-12(16)6-3-10/h2-8H,9H2,1H3. The number of rotatable bonds is 5. The molecule has 22 heavy (non-hydrogen) atoms. The van der Waals surface area contributed by atoms with Gasteiger partial charge in [-0.15, -0.1) is 0 Å². The summed E-state index contributed by atoms with van der Waals surface area (Å²) in [5, 5.41) is 11.5. The lowest BCUT2D eigenvalue weighted by atomic mass is 10.2. The highest BCUT2D eigenvalue weighted by atomic mass is 35.5. The molecule has 0 aliphatic carbocycles. The van der Waals surface area contributed by atoms with Gasteiger partial charge in [-0.25, -0.2) is 4.79 Å². The topological polar surface area (TPSA) is 78.7 Å². The molecule has 0 unspecified atom stereocenters. The number of nitrogens with zero attached hydrogens (tertiary/aromatic N) is 1. The molecule has 0 saturated heterocycles. The number of ether oxygens (including phenoxy) is 2. The van der Waals surface area contributed by atoms with Gasteiger partial charge in [0.2, 0.25) is 0 Å². The van der Waals surface area contributed by atoms with Gasteiger partial charge >= 0.3 is 11.7 Å². The van der Waals surface area contributed by atoms with Crippen molar-refractivity contribution in [3.63, 3.8) is 0 Å². The fourth-order valence-corrected chi connectivity index (χ4v) is 1.90. The maximum absolute atomic E-state index is 11.9. The van der Waals surface area contributed by atoms with Gasteiger partial charge in [-0.05, 0) is 29.8 Å². The van der Waals surface area contributed by atoms with E-state index in [9.17, 15) is 14.9 Å². The first-order valence-corrected chi connectivity index (χ1v) is 6.63. The second kappa shape index (κ2) is 6.91. The first-order valence-electron chi connectivity index (χ1n) is 6.25. The Morgan fingerprint density at radius 2 is 1.91 bits per heavy atom. The van der Waals surface area contributed by atoms with Crippen LogP contribution in [0.25, 0.3) is 0 Å². The van der Waals surface area contributed by atoms with E-state index in [4.69, 9.17) is 21.1 Å². The third-order valence-corrected chi connectivity index (χ3v) is 3.15. The monoisotopic (exact) mass is 321 g/mol. The summed E-state index contributed by atoms with van der Waals surface area (Å²) in [6.07, 6.45) is 0. The SMILES string of the molecule is COc1ccc(C(=O)OCc2ccc(Cl)cc2)cc1[N+](=O)[O-]. The lowest BCUT2D eigenvalue weighted by Crippen LogP contribution is -2.06. The van der Waals surface area contributed by atoms with E-state index in [-0.39, 0.29) is 23.6 Å². The Hall–Kier alpha value is -2.60. The highest BCUT2D eigenvalue weighted by Crippen LogP contribution is 2.27. The molecular formula is C15H12ClNO5. The number of nitro benzene ring substituents is 1. The summed E-state index contributed by atoms with van der Waals surface area (Å²) < 4.78 is 9.99. The van der Waals surface area contributed by atoms with Crippen LogP contribution in [0.2, 0.25) is 5.02 Å². The van der Waals surface area contributed by atoms with Crippen molar-refractivity contribution in [3.8, 4) is 5.75 Å². The van der Waals surface area contributed by atoms with Crippen LogP contribution >= 0.6 is 11.6 Å². The number of carbonyl (C=O) groups is 1. The van der Waals surface area contributed by atoms with Gasteiger partial charge < -0.3 is 9.47 Å². The number of halogens is 1. The van der Waals surface area contributed by atoms with E-state index < -0.39 is 10.9 Å². The number of methoxy groups -OCH3 is 1. The average molecular weight is 322 g/mol. The minimum absolute atomic E-state index is 0.0514. The predicted molar refractivity (Wildman–Crippen MR) is 80.2 cm³/mol. The molecule has 2 aromatic rings. The van der Waals surface area contributed by atoms with E-state index in [1.165, 1.54) is 19.2 Å². The molecule has 7 heteroatoms. The minimum atomic E-state index is -0.652. The van der Waals surface area contributed by atoms with E-state index in [0.29, 0.717) is 5.02 Å². The fraction of sp³-hybridized carbons (Fsp3) is 0.133. The summed E-state index contributed by atoms with van der Waals surface area (Å²) in [4.78, 5) is 22.3. The van der Waals surface area contributed by atoms with E-state index in [1.54, 1.807) is 24.3 Å². The Balaban J connectivity index is 2.10. The molecule has 0 saturated carbocycles. The molecule has 0 N–H and O–H groups in total. The number of hydrogen-bond acceptors (Lipinski definition) is 5. The van der Waals surface area contributed by atoms with Gasteiger partial charge in [0, 0.05) is 11.1 Å². The third kappa shape index (κ3) is 3.73. The molecule has 6 nitrogen and oxygen atoms in total. The van der Waals surface area contributed by atoms with Crippen molar-refractivity contribution in [2.75, 3.05) is 7.11 Å². The summed E-state index contributed by atoms with van der Waals surface area (Å²) in [5.41, 5.74) is 0.561. The first kappa shape index (κ1) is 15.8. The molecule has 0 bridgehead atoms. The number of esters is 1. The summed E-state index contributed by atoms with van der Waals surface area (Å²) in [5.74, 6) is -0.569. The van der Waals surface area contributed by atoms with Crippen molar-refractivity contribution in [1.82, 2.24) is 0 Å². The fourth-order valence-electron chi connectivity index (χ4n) is 1.77. The average Bonchev–Trinajstić information content (AvgIpc) is 2.53. The zero-order chi connectivity index (χ0) is 16.1. The van der Waals surface area contributed by atoms with Crippen molar-refractivity contribution in [2.24, 2.45) is 0 Å². The Labute approximate surface area is 131 Å². The highest BCUT2D eigenvalue weighted by Gasteiger charge is 2.18. The molecule has 0 radical (unpaired) electrons. The Kier molecular flexibility index (Phi) is 4.95. The predicted octanol–water partition coefficient (Wildman–Crippen LogP) is 3.61. The molecule has 0 heterocycles. The van der Waals surface area contributed by atoms with Crippen molar-refractivity contribution < 1.29 is 19.2 Å². The Bertz CT molecular complexity index is 700. The van der Waals surface area contributed by atoms with Crippen LogP contribution in [-0.2, 0) is 11.3 Å². The normalized spacial score (nSPS) is 10.1. The number of benzene rings is 2. The lowest BCUT2D eigenvalue weighted by Gasteiger charge is -2.06. The molecule has 0 aromatic heterocycles. The molecule has 2 aromatic carbocycles. The molecule has 114 valence electrons. The van der Waals surface area contributed by atoms with Crippen molar-refractivity contribution in [3.05, 3.63) is 68.7 Å². The lowest BCUT2D eigenvalue weighted by molar-refractivity contribution is -0.385. The van der Waals surface area contributed by atoms with E-state index in [1.807, 2.05) is 0 Å². The summed E-state index contributed by atoms with van der Waals surface area (Å²) >= 11 is 5.76. The molecule has 0 aliphatic rings. The zero-order valence-corrected chi connectivity index (χ0v) is 12.4. The first-order chi connectivity index (χ1) is 10.5. The van der Waals surface area contributed by atoms with E-state index >= 15 is 0 Å². The van der Waals surface area contributed by atoms with Crippen LogP contribution < -0.4 is 4.74 Å². The van der Waals surface area contributed by atoms with E-state index in [2.05, 4.69) is 0 Å². The summed E-state index contributed by atoms with van der Waals surface area (Å²) in [7, 11) is 1.32. The molecule has 0 spiro atoms. The maximum atomic E-state index is 11.9. The summed E-state index contributed by atoms with van der Waals surface area (Å²) in [6, 6.07) is 10.7. The number of hydrogen-bond donors (Lipinski definition) is 0. The van der Waals surface area contributed by atoms with Crippen molar-refractivity contribution in [1.29, 1.82) is 0 Å². The maximum Gasteiger partial charge on any atom is 0.338 e. The van der Waals surface area contributed by atoms with Crippen molar-refractivity contribution >= 4 is 23.3 Å². The molecule has 0 amide bonds. The van der Waals surface area contributed by atoms with Crippen LogP contribution in [0, 0.1) is 10.1 Å². The van der Waals surface area contributed by atoms with E-state index in [0.717, 1.165) is 11.6 Å². The largest absolute Gasteiger partial charge is 0.490 e. The second-order valence-electron chi connectivity index (χ2n) is 4.35. The van der Waals surface area contributed by atoms with Crippen LogP contribution in [0.3, 0.4) is 0 Å². The van der Waals surface area contributed by atoms with Crippen molar-refractivity contribution in [2.45, 2.75) is 6.61 Å². The molecular weight excluding hydrogens is 310 g/mol. The van der Waals surface area contributed by atoms with Gasteiger partial charge in [0.05, 0.1) is 17.6 Å². The van der Waals surface area contributed by atoms with Crippen LogP contribution in [0.15, 0.2) is 42.5 Å². The van der Waals surface area contributed by atoms with Crippen LogP contribution in [0.5, 0.6) is 5.75 Å². The van der Waals surface area contributed by atoms with Gasteiger partial charge in [-0.1, -0.05) is 23.7 Å². The summed E-state index contributed by atoms with van der Waals surface area (Å²) in [6.45, 7) is 0.0514. The smallest absolute Gasteiger partial charge is 0.338 e. The molecule has 0 fully saturated rings. The van der Waals surface area contributed by atoms with Gasteiger partial charge in [-0.3, -0.25) is 10.1 Å². The van der Waals surface area contributed by atoms with Crippen LogP contribution in [-0.4, -0.2) is 18.0 Å². The number of carbonyl (C=O) groups excluding carboxylic acids is 1. The van der Waals surface area contributed by atoms with Gasteiger partial charge in [0.1, 0.15) is 6.61 Å². The minimum Gasteiger partial charge on any atom is -0.490 e. The molecule has 2 rings (SSSR count). The Morgan fingerprint density at radius 3 is 2.50 bits per heavy atom. The second-order valence-corrected chi connectivity index (χ2v) is 4.78. The molecule has 0 aliphatic heterocycles. The van der Waals surface area contributed by atoms with Crippen LogP contribution in [0.1, 0.15) is 15.9 Å². The van der Waals surface area contributed by atoms with Gasteiger partial charge in [-0.2, -0.15) is 0 Å². The van der Waals surface area contributed by atoms with Gasteiger partial charge in [0.25, 0.3) is 0 Å². The van der Waals surface area contributed by atoms with Crippen LogP contribution in [0.4, 0.5) is 5.69 Å². The zero-order valence-electron chi connectivity index (χ0n) is 11.6. The Morgan fingerprint density at radius 1 is 1.23 bits per heavy atom. The molecule has 0 atom stereocenters. The quantitative estimate of drug-likeness (QED) is 0.477. The number of nitro groups is 1. The third-order valence-electron chi connectivity index (χ3n) is 2.89. The highest BCUT2D eigenvalue weighted by molar-refractivity contribution is 6.30.